The fourth-order valence-corrected chi connectivity index (χ4v) is 2.24. The summed E-state index contributed by atoms with van der Waals surface area (Å²) in [5.74, 6) is 2.59. The molecule has 3 heteroatoms. The summed E-state index contributed by atoms with van der Waals surface area (Å²) in [6.07, 6.45) is 5.38. The van der Waals surface area contributed by atoms with E-state index < -0.39 is 0 Å². The zero-order valence-electron chi connectivity index (χ0n) is 11.4. The molecular weight excluding hydrogens is 260 g/mol. The van der Waals surface area contributed by atoms with Crippen LogP contribution < -0.4 is 10.9 Å². The molecule has 2 aromatic carbocycles. The van der Waals surface area contributed by atoms with Gasteiger partial charge in [-0.1, -0.05) is 30.2 Å². The number of hydrogen-bond donors (Lipinski definition) is 2. The summed E-state index contributed by atoms with van der Waals surface area (Å²) in [6, 6.07) is 17.2. The highest BCUT2D eigenvalue weighted by molar-refractivity contribution is 5.78. The summed E-state index contributed by atoms with van der Waals surface area (Å²) in [4.78, 5) is 14.9. The highest BCUT2D eigenvalue weighted by atomic mass is 16.1. The summed E-state index contributed by atoms with van der Waals surface area (Å²) in [6.45, 7) is 0.453. The first-order valence-electron chi connectivity index (χ1n) is 6.68. The Hall–Kier alpha value is -2.99. The van der Waals surface area contributed by atoms with Gasteiger partial charge in [-0.3, -0.25) is 4.79 Å². The topological polar surface area (TPSA) is 44.9 Å². The molecule has 0 aliphatic rings. The SMILES string of the molecule is C#Cc1cccc(NCc2cc3ccccc3[nH]c2=O)c1. The Morgan fingerprint density at radius 2 is 1.95 bits per heavy atom. The lowest BCUT2D eigenvalue weighted by Gasteiger charge is -2.07. The summed E-state index contributed by atoms with van der Waals surface area (Å²) in [5.41, 5.74) is 3.18. The number of fused-ring (bicyclic) bond motifs is 1. The van der Waals surface area contributed by atoms with Gasteiger partial charge in [-0.25, -0.2) is 0 Å². The van der Waals surface area contributed by atoms with E-state index in [2.05, 4.69) is 16.2 Å². The minimum atomic E-state index is -0.0747. The first-order valence-corrected chi connectivity index (χ1v) is 6.68. The molecule has 2 N–H and O–H groups in total. The van der Waals surface area contributed by atoms with Crippen LogP contribution >= 0.6 is 0 Å². The van der Waals surface area contributed by atoms with Crippen LogP contribution in [-0.2, 0) is 6.54 Å². The van der Waals surface area contributed by atoms with Crippen LogP contribution in [0.2, 0.25) is 0 Å². The highest BCUT2D eigenvalue weighted by Crippen LogP contribution is 2.13. The number of aromatic nitrogens is 1. The maximum absolute atomic E-state index is 12.0. The van der Waals surface area contributed by atoms with E-state index in [4.69, 9.17) is 6.42 Å². The minimum Gasteiger partial charge on any atom is -0.381 e. The van der Waals surface area contributed by atoms with Crippen molar-refractivity contribution in [2.24, 2.45) is 0 Å². The number of benzene rings is 2. The van der Waals surface area contributed by atoms with Gasteiger partial charge in [0, 0.05) is 28.9 Å². The van der Waals surface area contributed by atoms with Crippen molar-refractivity contribution in [3.05, 3.63) is 76.1 Å². The van der Waals surface area contributed by atoms with E-state index in [1.807, 2.05) is 54.6 Å². The molecule has 3 nitrogen and oxygen atoms in total. The minimum absolute atomic E-state index is 0.0747. The average Bonchev–Trinajstić information content (AvgIpc) is 2.53. The Morgan fingerprint density at radius 1 is 1.10 bits per heavy atom. The number of nitrogens with one attached hydrogen (secondary N) is 2. The molecule has 0 saturated carbocycles. The predicted molar refractivity (Wildman–Crippen MR) is 86.3 cm³/mol. The summed E-state index contributed by atoms with van der Waals surface area (Å²) in [7, 11) is 0. The third-order valence-corrected chi connectivity index (χ3v) is 3.34. The number of rotatable bonds is 3. The Labute approximate surface area is 122 Å². The molecule has 0 saturated heterocycles. The van der Waals surface area contributed by atoms with Gasteiger partial charge in [0.05, 0.1) is 0 Å². The van der Waals surface area contributed by atoms with Crippen LogP contribution in [0.5, 0.6) is 0 Å². The van der Waals surface area contributed by atoms with Crippen LogP contribution in [0.25, 0.3) is 10.9 Å². The number of hydrogen-bond acceptors (Lipinski definition) is 2. The van der Waals surface area contributed by atoms with Gasteiger partial charge in [-0.15, -0.1) is 6.42 Å². The van der Waals surface area contributed by atoms with Crippen molar-refractivity contribution in [2.45, 2.75) is 6.54 Å². The van der Waals surface area contributed by atoms with Crippen LogP contribution in [0.3, 0.4) is 0 Å². The second-order valence-corrected chi connectivity index (χ2v) is 4.79. The van der Waals surface area contributed by atoms with Crippen molar-refractivity contribution in [1.29, 1.82) is 0 Å². The van der Waals surface area contributed by atoms with E-state index in [0.717, 1.165) is 22.2 Å². The Kier molecular flexibility index (Phi) is 3.44. The second kappa shape index (κ2) is 5.56. The van der Waals surface area contributed by atoms with Crippen molar-refractivity contribution in [3.8, 4) is 12.3 Å². The maximum atomic E-state index is 12.0. The van der Waals surface area contributed by atoms with Gasteiger partial charge in [0.1, 0.15) is 0 Å². The zero-order chi connectivity index (χ0) is 14.7. The molecule has 1 aromatic heterocycles. The first-order chi connectivity index (χ1) is 10.3. The standard InChI is InChI=1S/C18H14N2O/c1-2-13-6-5-8-16(10-13)19-12-15-11-14-7-3-4-9-17(14)20-18(15)21/h1,3-11,19H,12H2,(H,20,21). The van der Waals surface area contributed by atoms with Gasteiger partial charge in [-0.2, -0.15) is 0 Å². The molecule has 0 bridgehead atoms. The quantitative estimate of drug-likeness (QED) is 0.721. The number of anilines is 1. The summed E-state index contributed by atoms with van der Waals surface area (Å²) in [5, 5.41) is 4.25. The molecule has 1 heterocycles. The smallest absolute Gasteiger partial charge is 0.253 e. The van der Waals surface area contributed by atoms with Crippen molar-refractivity contribution in [3.63, 3.8) is 0 Å². The van der Waals surface area contributed by atoms with Gasteiger partial charge in [0.25, 0.3) is 5.56 Å². The van der Waals surface area contributed by atoms with Gasteiger partial charge >= 0.3 is 0 Å². The lowest BCUT2D eigenvalue weighted by atomic mass is 10.1. The molecule has 102 valence electrons. The molecule has 3 aromatic rings. The molecule has 0 unspecified atom stereocenters. The normalized spacial score (nSPS) is 10.2. The molecule has 0 spiro atoms. The molecule has 0 aliphatic heterocycles. The maximum Gasteiger partial charge on any atom is 0.253 e. The second-order valence-electron chi connectivity index (χ2n) is 4.79. The molecule has 0 amide bonds. The Morgan fingerprint density at radius 3 is 2.81 bits per heavy atom. The largest absolute Gasteiger partial charge is 0.381 e. The third-order valence-electron chi connectivity index (χ3n) is 3.34. The molecule has 0 aliphatic carbocycles. The van der Waals surface area contributed by atoms with Crippen LogP contribution in [0.15, 0.2) is 59.4 Å². The van der Waals surface area contributed by atoms with Gasteiger partial charge < -0.3 is 10.3 Å². The van der Waals surface area contributed by atoms with Crippen LogP contribution in [0.1, 0.15) is 11.1 Å². The average molecular weight is 274 g/mol. The van der Waals surface area contributed by atoms with Crippen molar-refractivity contribution < 1.29 is 0 Å². The molecule has 21 heavy (non-hydrogen) atoms. The van der Waals surface area contributed by atoms with E-state index in [1.165, 1.54) is 0 Å². The first kappa shape index (κ1) is 13.0. The molecule has 0 atom stereocenters. The zero-order valence-corrected chi connectivity index (χ0v) is 11.4. The molecular formula is C18H14N2O. The third kappa shape index (κ3) is 2.80. The monoisotopic (exact) mass is 274 g/mol. The Balaban J connectivity index is 1.86. The Bertz CT molecular complexity index is 887. The predicted octanol–water partition coefficient (Wildman–Crippen LogP) is 3.12. The highest BCUT2D eigenvalue weighted by Gasteiger charge is 2.02. The number of pyridine rings is 1. The summed E-state index contributed by atoms with van der Waals surface area (Å²) < 4.78 is 0. The van der Waals surface area contributed by atoms with E-state index in [9.17, 15) is 4.79 Å². The van der Waals surface area contributed by atoms with Gasteiger partial charge in [0.2, 0.25) is 0 Å². The number of aromatic amines is 1. The fourth-order valence-electron chi connectivity index (χ4n) is 2.24. The van der Waals surface area contributed by atoms with Crippen LogP contribution in [0.4, 0.5) is 5.69 Å². The van der Waals surface area contributed by atoms with E-state index >= 15 is 0 Å². The van der Waals surface area contributed by atoms with Crippen LogP contribution in [-0.4, -0.2) is 4.98 Å². The number of H-pyrrole nitrogens is 1. The number of terminal acetylenes is 1. The molecule has 0 radical (unpaired) electrons. The molecule has 0 fully saturated rings. The van der Waals surface area contributed by atoms with E-state index in [1.54, 1.807) is 0 Å². The van der Waals surface area contributed by atoms with Gasteiger partial charge in [-0.05, 0) is 35.7 Å². The summed E-state index contributed by atoms with van der Waals surface area (Å²) >= 11 is 0. The van der Waals surface area contributed by atoms with Crippen molar-refractivity contribution >= 4 is 16.6 Å². The number of para-hydroxylation sites is 1. The van der Waals surface area contributed by atoms with E-state index in [0.29, 0.717) is 12.1 Å². The lowest BCUT2D eigenvalue weighted by Crippen LogP contribution is -2.15. The molecule has 3 rings (SSSR count). The lowest BCUT2D eigenvalue weighted by molar-refractivity contribution is 1.09. The van der Waals surface area contributed by atoms with Gasteiger partial charge in [0.15, 0.2) is 0 Å². The van der Waals surface area contributed by atoms with E-state index in [-0.39, 0.29) is 5.56 Å². The van der Waals surface area contributed by atoms with Crippen LogP contribution in [0, 0.1) is 12.3 Å². The van der Waals surface area contributed by atoms with Crippen molar-refractivity contribution in [1.82, 2.24) is 4.98 Å². The fraction of sp³-hybridized carbons (Fsp3) is 0.0556. The van der Waals surface area contributed by atoms with Crippen molar-refractivity contribution in [2.75, 3.05) is 5.32 Å².